The molecule has 0 rings (SSSR count). The molecule has 0 heterocycles. The van der Waals surface area contributed by atoms with Crippen LogP contribution in [0, 0.1) is 0 Å². The van der Waals surface area contributed by atoms with E-state index in [0.717, 1.165) is 32.2 Å². The predicted molar refractivity (Wildman–Crippen MR) is 55.4 cm³/mol. The number of unbranched alkanes of at least 4 members (excludes halogenated alkanes) is 1. The Morgan fingerprint density at radius 3 is 2.46 bits per heavy atom. The van der Waals surface area contributed by atoms with E-state index in [1.165, 1.54) is 0 Å². The third kappa shape index (κ3) is 4.88. The van der Waals surface area contributed by atoms with Gasteiger partial charge >= 0.3 is 0 Å². The van der Waals surface area contributed by atoms with Gasteiger partial charge in [0, 0.05) is 13.6 Å². The Hall–Kier alpha value is -0.570. The average molecular weight is 186 g/mol. The highest BCUT2D eigenvalue weighted by atomic mass is 16.2. The minimum absolute atomic E-state index is 0.0790. The lowest BCUT2D eigenvalue weighted by molar-refractivity contribution is -0.131. The Bertz CT molecular complexity index is 148. The Labute approximate surface area is 81.3 Å². The smallest absolute Gasteiger partial charge is 0.239 e. The fourth-order valence-electron chi connectivity index (χ4n) is 1.22. The van der Waals surface area contributed by atoms with Crippen LogP contribution in [0.3, 0.4) is 0 Å². The molecule has 3 nitrogen and oxygen atoms in total. The molecule has 0 aromatic rings. The van der Waals surface area contributed by atoms with Gasteiger partial charge in [-0.3, -0.25) is 4.79 Å². The van der Waals surface area contributed by atoms with Crippen LogP contribution in [-0.4, -0.2) is 30.4 Å². The van der Waals surface area contributed by atoms with Crippen molar-refractivity contribution in [2.24, 2.45) is 5.73 Å². The lowest BCUT2D eigenvalue weighted by atomic mass is 10.1. The maximum absolute atomic E-state index is 11.5. The minimum atomic E-state index is -0.299. The van der Waals surface area contributed by atoms with Crippen molar-refractivity contribution in [3.05, 3.63) is 0 Å². The van der Waals surface area contributed by atoms with Gasteiger partial charge in [-0.2, -0.15) is 0 Å². The van der Waals surface area contributed by atoms with Gasteiger partial charge in [0.05, 0.1) is 6.04 Å². The number of hydrogen-bond donors (Lipinski definition) is 1. The molecule has 0 aliphatic heterocycles. The van der Waals surface area contributed by atoms with Crippen LogP contribution >= 0.6 is 0 Å². The Kier molecular flexibility index (Phi) is 6.59. The molecule has 3 heteroatoms. The summed E-state index contributed by atoms with van der Waals surface area (Å²) in [6, 6.07) is -0.299. The van der Waals surface area contributed by atoms with E-state index in [1.54, 1.807) is 4.90 Å². The molecule has 0 bridgehead atoms. The normalized spacial score (nSPS) is 12.6. The molecule has 78 valence electrons. The zero-order valence-corrected chi connectivity index (χ0v) is 9.05. The second-order valence-corrected chi connectivity index (χ2v) is 3.51. The lowest BCUT2D eigenvalue weighted by Gasteiger charge is -2.20. The molecule has 1 amide bonds. The molecule has 0 spiro atoms. The molecule has 0 aliphatic rings. The number of carbonyl (C=O) groups is 1. The molecular formula is C10H22N2O. The van der Waals surface area contributed by atoms with Crippen molar-refractivity contribution in [1.29, 1.82) is 0 Å². The second-order valence-electron chi connectivity index (χ2n) is 3.51. The minimum Gasteiger partial charge on any atom is -0.344 e. The van der Waals surface area contributed by atoms with E-state index in [0.29, 0.717) is 0 Å². The summed E-state index contributed by atoms with van der Waals surface area (Å²) in [6.45, 7) is 4.98. The van der Waals surface area contributed by atoms with Gasteiger partial charge in [-0.15, -0.1) is 0 Å². The maximum Gasteiger partial charge on any atom is 0.239 e. The highest BCUT2D eigenvalue weighted by Crippen LogP contribution is 1.99. The van der Waals surface area contributed by atoms with Crippen LogP contribution in [0.1, 0.15) is 39.5 Å². The standard InChI is InChI=1S/C10H22N2O/c1-4-6-8-12(3)10(13)9(11)7-5-2/h9H,4-8,11H2,1-3H3. The number of likely N-dealkylation sites (N-methyl/N-ethyl adjacent to an activating group) is 1. The highest BCUT2D eigenvalue weighted by molar-refractivity contribution is 5.81. The number of amides is 1. The van der Waals surface area contributed by atoms with Gasteiger partial charge in [0.15, 0.2) is 0 Å². The first-order valence-electron chi connectivity index (χ1n) is 5.14. The molecule has 13 heavy (non-hydrogen) atoms. The van der Waals surface area contributed by atoms with Crippen LogP contribution in [0.25, 0.3) is 0 Å². The average Bonchev–Trinajstić information content (AvgIpc) is 2.13. The van der Waals surface area contributed by atoms with Crippen LogP contribution in [0.2, 0.25) is 0 Å². The number of rotatable bonds is 6. The third-order valence-corrected chi connectivity index (χ3v) is 2.14. The van der Waals surface area contributed by atoms with Crippen LogP contribution in [0.15, 0.2) is 0 Å². The van der Waals surface area contributed by atoms with E-state index >= 15 is 0 Å². The molecule has 0 aromatic heterocycles. The highest BCUT2D eigenvalue weighted by Gasteiger charge is 2.15. The van der Waals surface area contributed by atoms with Crippen molar-refractivity contribution >= 4 is 5.91 Å². The van der Waals surface area contributed by atoms with Crippen LogP contribution in [0.5, 0.6) is 0 Å². The lowest BCUT2D eigenvalue weighted by Crippen LogP contribution is -2.41. The molecule has 0 radical (unpaired) electrons. The van der Waals surface area contributed by atoms with Crippen LogP contribution in [0.4, 0.5) is 0 Å². The van der Waals surface area contributed by atoms with Crippen molar-refractivity contribution < 1.29 is 4.79 Å². The summed E-state index contributed by atoms with van der Waals surface area (Å²) in [6.07, 6.45) is 3.92. The van der Waals surface area contributed by atoms with Gasteiger partial charge in [-0.1, -0.05) is 26.7 Å². The summed E-state index contributed by atoms with van der Waals surface area (Å²) in [5.41, 5.74) is 5.71. The number of hydrogen-bond acceptors (Lipinski definition) is 2. The van der Waals surface area contributed by atoms with Gasteiger partial charge in [0.25, 0.3) is 0 Å². The van der Waals surface area contributed by atoms with Gasteiger partial charge in [0.1, 0.15) is 0 Å². The van der Waals surface area contributed by atoms with Crippen molar-refractivity contribution in [3.63, 3.8) is 0 Å². The zero-order chi connectivity index (χ0) is 10.3. The van der Waals surface area contributed by atoms with E-state index in [9.17, 15) is 4.79 Å². The summed E-state index contributed by atoms with van der Waals surface area (Å²) in [5.74, 6) is 0.0790. The maximum atomic E-state index is 11.5. The number of nitrogens with zero attached hydrogens (tertiary/aromatic N) is 1. The molecule has 0 fully saturated rings. The molecule has 0 aromatic carbocycles. The molecule has 1 atom stereocenters. The third-order valence-electron chi connectivity index (χ3n) is 2.14. The fraction of sp³-hybridized carbons (Fsp3) is 0.900. The first-order chi connectivity index (χ1) is 6.13. The summed E-state index contributed by atoms with van der Waals surface area (Å²) in [4.78, 5) is 13.3. The van der Waals surface area contributed by atoms with Gasteiger partial charge in [-0.05, 0) is 12.8 Å². The molecule has 0 saturated heterocycles. The fourth-order valence-corrected chi connectivity index (χ4v) is 1.22. The van der Waals surface area contributed by atoms with Crippen molar-refractivity contribution in [1.82, 2.24) is 4.90 Å². The molecular weight excluding hydrogens is 164 g/mol. The molecule has 0 saturated carbocycles. The van der Waals surface area contributed by atoms with Crippen molar-refractivity contribution in [3.8, 4) is 0 Å². The zero-order valence-electron chi connectivity index (χ0n) is 9.05. The Morgan fingerprint density at radius 1 is 1.38 bits per heavy atom. The van der Waals surface area contributed by atoms with Crippen molar-refractivity contribution in [2.75, 3.05) is 13.6 Å². The topological polar surface area (TPSA) is 46.3 Å². The summed E-state index contributed by atoms with van der Waals surface area (Å²) >= 11 is 0. The van der Waals surface area contributed by atoms with Crippen molar-refractivity contribution in [2.45, 2.75) is 45.6 Å². The predicted octanol–water partition coefficient (Wildman–Crippen LogP) is 1.37. The van der Waals surface area contributed by atoms with Crippen LogP contribution in [-0.2, 0) is 4.79 Å². The molecule has 2 N–H and O–H groups in total. The first kappa shape index (κ1) is 12.4. The number of carbonyl (C=O) groups excluding carboxylic acids is 1. The van der Waals surface area contributed by atoms with E-state index in [2.05, 4.69) is 6.92 Å². The van der Waals surface area contributed by atoms with Gasteiger partial charge < -0.3 is 10.6 Å². The second kappa shape index (κ2) is 6.89. The quantitative estimate of drug-likeness (QED) is 0.681. The van der Waals surface area contributed by atoms with Gasteiger partial charge in [0.2, 0.25) is 5.91 Å². The SMILES string of the molecule is CCCCN(C)C(=O)C(N)CCC. The summed E-state index contributed by atoms with van der Waals surface area (Å²) < 4.78 is 0. The van der Waals surface area contributed by atoms with E-state index in [1.807, 2.05) is 14.0 Å². The summed E-state index contributed by atoms with van der Waals surface area (Å²) in [5, 5.41) is 0. The number of nitrogens with two attached hydrogens (primary N) is 1. The monoisotopic (exact) mass is 186 g/mol. The first-order valence-corrected chi connectivity index (χ1v) is 5.14. The Balaban J connectivity index is 3.79. The summed E-state index contributed by atoms with van der Waals surface area (Å²) in [7, 11) is 1.83. The van der Waals surface area contributed by atoms with E-state index in [4.69, 9.17) is 5.73 Å². The molecule has 0 aliphatic carbocycles. The largest absolute Gasteiger partial charge is 0.344 e. The van der Waals surface area contributed by atoms with Gasteiger partial charge in [-0.25, -0.2) is 0 Å². The Morgan fingerprint density at radius 2 is 2.00 bits per heavy atom. The van der Waals surface area contributed by atoms with E-state index in [-0.39, 0.29) is 11.9 Å². The molecule has 1 unspecified atom stereocenters. The van der Waals surface area contributed by atoms with Crippen LogP contribution < -0.4 is 5.73 Å². The van der Waals surface area contributed by atoms with E-state index < -0.39 is 0 Å².